The zero-order valence-corrected chi connectivity index (χ0v) is 10.8. The summed E-state index contributed by atoms with van der Waals surface area (Å²) in [4.78, 5) is 11.7. The summed E-state index contributed by atoms with van der Waals surface area (Å²) in [5.74, 6) is 1.13. The molecule has 1 aliphatic heterocycles. The highest BCUT2D eigenvalue weighted by molar-refractivity contribution is 5.95. The first kappa shape index (κ1) is 12.0. The summed E-state index contributed by atoms with van der Waals surface area (Å²) in [5.41, 5.74) is 2.18. The van der Waals surface area contributed by atoms with Crippen LogP contribution in [0.1, 0.15) is 38.7 Å². The Morgan fingerprint density at radius 2 is 2.06 bits per heavy atom. The van der Waals surface area contributed by atoms with Crippen molar-refractivity contribution in [1.82, 2.24) is 0 Å². The van der Waals surface area contributed by atoms with Gasteiger partial charge in [-0.05, 0) is 23.0 Å². The van der Waals surface area contributed by atoms with Gasteiger partial charge in [-0.25, -0.2) is 0 Å². The minimum Gasteiger partial charge on any atom is -0.497 e. The van der Waals surface area contributed by atoms with E-state index in [4.69, 9.17) is 4.74 Å². The molecular formula is C14H19NO2. The molecule has 0 radical (unpaired) electrons. The highest BCUT2D eigenvalue weighted by Crippen LogP contribution is 2.44. The molecule has 17 heavy (non-hydrogen) atoms. The van der Waals surface area contributed by atoms with Gasteiger partial charge in [0.1, 0.15) is 5.75 Å². The molecular weight excluding hydrogens is 214 g/mol. The first-order chi connectivity index (χ1) is 7.91. The Hall–Kier alpha value is -1.51. The molecule has 1 aromatic carbocycles. The van der Waals surface area contributed by atoms with Crippen LogP contribution in [0.4, 0.5) is 5.69 Å². The topological polar surface area (TPSA) is 38.3 Å². The van der Waals surface area contributed by atoms with E-state index in [-0.39, 0.29) is 17.2 Å². The summed E-state index contributed by atoms with van der Waals surface area (Å²) in [6.45, 7) is 6.51. The number of nitrogens with one attached hydrogen (secondary N) is 1. The Balaban J connectivity index is 2.47. The fraction of sp³-hybridized carbons (Fsp3) is 0.500. The minimum atomic E-state index is 0.0844. The van der Waals surface area contributed by atoms with E-state index in [1.165, 1.54) is 5.56 Å². The van der Waals surface area contributed by atoms with Gasteiger partial charge in [-0.15, -0.1) is 0 Å². The number of methoxy groups -OCH3 is 1. The monoisotopic (exact) mass is 233 g/mol. The highest BCUT2D eigenvalue weighted by Gasteiger charge is 2.33. The molecule has 3 nitrogen and oxygen atoms in total. The van der Waals surface area contributed by atoms with Crippen molar-refractivity contribution < 1.29 is 9.53 Å². The number of carbonyl (C=O) groups is 1. The summed E-state index contributed by atoms with van der Waals surface area (Å²) in [5, 5.41) is 2.92. The summed E-state index contributed by atoms with van der Waals surface area (Å²) >= 11 is 0. The van der Waals surface area contributed by atoms with Crippen LogP contribution in [-0.4, -0.2) is 13.0 Å². The average Bonchev–Trinajstić information content (AvgIpc) is 2.25. The van der Waals surface area contributed by atoms with Crippen molar-refractivity contribution in [1.29, 1.82) is 0 Å². The van der Waals surface area contributed by atoms with Crippen LogP contribution in [0.15, 0.2) is 18.2 Å². The lowest BCUT2D eigenvalue weighted by Crippen LogP contribution is -2.30. The third kappa shape index (κ3) is 2.28. The number of benzene rings is 1. The molecule has 1 unspecified atom stereocenters. The molecule has 0 aliphatic carbocycles. The van der Waals surface area contributed by atoms with E-state index in [9.17, 15) is 4.79 Å². The minimum absolute atomic E-state index is 0.0844. The van der Waals surface area contributed by atoms with Gasteiger partial charge in [0, 0.05) is 18.2 Å². The number of anilines is 1. The van der Waals surface area contributed by atoms with E-state index >= 15 is 0 Å². The SMILES string of the molecule is COc1ccc2c(c1)NC(=O)CC2C(C)(C)C. The predicted octanol–water partition coefficient (Wildman–Crippen LogP) is 3.17. The number of amides is 1. The van der Waals surface area contributed by atoms with Gasteiger partial charge in [0.15, 0.2) is 0 Å². The van der Waals surface area contributed by atoms with Crippen molar-refractivity contribution in [2.45, 2.75) is 33.1 Å². The quantitative estimate of drug-likeness (QED) is 0.809. The number of ether oxygens (including phenoxy) is 1. The van der Waals surface area contributed by atoms with Gasteiger partial charge in [0.2, 0.25) is 5.91 Å². The maximum Gasteiger partial charge on any atom is 0.225 e. The van der Waals surface area contributed by atoms with Crippen molar-refractivity contribution in [3.05, 3.63) is 23.8 Å². The second-order valence-electron chi connectivity index (χ2n) is 5.62. The summed E-state index contributed by atoms with van der Waals surface area (Å²) in [6, 6.07) is 5.91. The van der Waals surface area contributed by atoms with E-state index in [0.717, 1.165) is 11.4 Å². The molecule has 1 aromatic rings. The summed E-state index contributed by atoms with van der Waals surface area (Å²) < 4.78 is 5.19. The third-order valence-electron chi connectivity index (χ3n) is 3.34. The predicted molar refractivity (Wildman–Crippen MR) is 68.4 cm³/mol. The molecule has 0 fully saturated rings. The van der Waals surface area contributed by atoms with Gasteiger partial charge >= 0.3 is 0 Å². The van der Waals surface area contributed by atoms with Crippen LogP contribution in [0.5, 0.6) is 5.75 Å². The van der Waals surface area contributed by atoms with Crippen LogP contribution in [0.2, 0.25) is 0 Å². The highest BCUT2D eigenvalue weighted by atomic mass is 16.5. The standard InChI is InChI=1S/C14H19NO2/c1-14(2,3)11-8-13(16)15-12-7-9(17-4)5-6-10(11)12/h5-7,11H,8H2,1-4H3,(H,15,16). The molecule has 0 spiro atoms. The van der Waals surface area contributed by atoms with Gasteiger partial charge in [0.05, 0.1) is 7.11 Å². The molecule has 1 N–H and O–H groups in total. The van der Waals surface area contributed by atoms with E-state index in [1.54, 1.807) is 7.11 Å². The van der Waals surface area contributed by atoms with E-state index in [1.807, 2.05) is 12.1 Å². The second kappa shape index (κ2) is 4.06. The number of rotatable bonds is 1. The molecule has 0 saturated carbocycles. The first-order valence-corrected chi connectivity index (χ1v) is 5.89. The van der Waals surface area contributed by atoms with Crippen LogP contribution >= 0.6 is 0 Å². The molecule has 1 amide bonds. The molecule has 3 heteroatoms. The Kier molecular flexibility index (Phi) is 2.86. The third-order valence-corrected chi connectivity index (χ3v) is 3.34. The normalized spacial score (nSPS) is 19.5. The van der Waals surface area contributed by atoms with Gasteiger partial charge in [-0.1, -0.05) is 26.8 Å². The zero-order valence-electron chi connectivity index (χ0n) is 10.8. The second-order valence-corrected chi connectivity index (χ2v) is 5.62. The first-order valence-electron chi connectivity index (χ1n) is 5.89. The maximum atomic E-state index is 11.7. The van der Waals surface area contributed by atoms with E-state index < -0.39 is 0 Å². The van der Waals surface area contributed by atoms with Crippen LogP contribution in [0, 0.1) is 5.41 Å². The molecule has 2 rings (SSSR count). The van der Waals surface area contributed by atoms with Crippen LogP contribution in [-0.2, 0) is 4.79 Å². The van der Waals surface area contributed by atoms with E-state index in [0.29, 0.717) is 6.42 Å². The zero-order chi connectivity index (χ0) is 12.6. The lowest BCUT2D eigenvalue weighted by molar-refractivity contribution is -0.117. The number of fused-ring (bicyclic) bond motifs is 1. The molecule has 0 aromatic heterocycles. The van der Waals surface area contributed by atoms with Gasteiger partial charge in [-0.2, -0.15) is 0 Å². The molecule has 1 heterocycles. The Bertz CT molecular complexity index is 446. The largest absolute Gasteiger partial charge is 0.497 e. The Labute approximate surface area is 102 Å². The number of hydrogen-bond donors (Lipinski definition) is 1. The molecule has 1 atom stereocenters. The van der Waals surface area contributed by atoms with Gasteiger partial charge in [-0.3, -0.25) is 4.79 Å². The molecule has 1 aliphatic rings. The average molecular weight is 233 g/mol. The van der Waals surface area contributed by atoms with Gasteiger partial charge in [0.25, 0.3) is 0 Å². The molecule has 0 bridgehead atoms. The van der Waals surface area contributed by atoms with Gasteiger partial charge < -0.3 is 10.1 Å². The van der Waals surface area contributed by atoms with E-state index in [2.05, 4.69) is 32.2 Å². The smallest absolute Gasteiger partial charge is 0.225 e. The van der Waals surface area contributed by atoms with Crippen molar-refractivity contribution >= 4 is 11.6 Å². The summed E-state index contributed by atoms with van der Waals surface area (Å²) in [6.07, 6.45) is 0.558. The Morgan fingerprint density at radius 1 is 1.35 bits per heavy atom. The number of carbonyl (C=O) groups excluding carboxylic acids is 1. The Morgan fingerprint density at radius 3 is 2.65 bits per heavy atom. The van der Waals surface area contributed by atoms with Crippen LogP contribution < -0.4 is 10.1 Å². The van der Waals surface area contributed by atoms with Crippen molar-refractivity contribution in [2.24, 2.45) is 5.41 Å². The fourth-order valence-corrected chi connectivity index (χ4v) is 2.34. The number of hydrogen-bond acceptors (Lipinski definition) is 2. The van der Waals surface area contributed by atoms with Crippen molar-refractivity contribution in [2.75, 3.05) is 12.4 Å². The molecule has 0 saturated heterocycles. The lowest BCUT2D eigenvalue weighted by Gasteiger charge is -2.35. The van der Waals surface area contributed by atoms with Crippen LogP contribution in [0.3, 0.4) is 0 Å². The fourth-order valence-electron chi connectivity index (χ4n) is 2.34. The maximum absolute atomic E-state index is 11.7. The summed E-state index contributed by atoms with van der Waals surface area (Å²) in [7, 11) is 1.63. The lowest BCUT2D eigenvalue weighted by atomic mass is 9.72. The molecule has 92 valence electrons. The van der Waals surface area contributed by atoms with Crippen molar-refractivity contribution in [3.8, 4) is 5.75 Å². The van der Waals surface area contributed by atoms with Crippen molar-refractivity contribution in [3.63, 3.8) is 0 Å². The van der Waals surface area contributed by atoms with Crippen LogP contribution in [0.25, 0.3) is 0 Å².